The van der Waals surface area contributed by atoms with E-state index in [4.69, 9.17) is 16.3 Å². The highest BCUT2D eigenvalue weighted by Gasteiger charge is 2.14. The maximum absolute atomic E-state index is 13.2. The number of ether oxygens (including phenoxy) is 1. The Hall–Kier alpha value is -1.70. The highest BCUT2D eigenvalue weighted by molar-refractivity contribution is 7.90. The van der Waals surface area contributed by atoms with Gasteiger partial charge in [0.2, 0.25) is 0 Å². The van der Waals surface area contributed by atoms with Gasteiger partial charge in [0.25, 0.3) is 0 Å². The summed E-state index contributed by atoms with van der Waals surface area (Å²) in [5.41, 5.74) is 0.461. The summed E-state index contributed by atoms with van der Waals surface area (Å²) in [5, 5.41) is 3.29. The van der Waals surface area contributed by atoms with E-state index in [-0.39, 0.29) is 23.8 Å². The van der Waals surface area contributed by atoms with Crippen LogP contribution in [0.3, 0.4) is 0 Å². The van der Waals surface area contributed by atoms with Crippen LogP contribution >= 0.6 is 11.6 Å². The number of hydrogen-bond donors (Lipinski definition) is 1. The molecule has 8 heteroatoms. The molecule has 0 atom stereocenters. The van der Waals surface area contributed by atoms with Crippen LogP contribution in [0.15, 0.2) is 41.3 Å². The molecule has 130 valence electrons. The molecule has 2 rings (SSSR count). The van der Waals surface area contributed by atoms with Crippen LogP contribution in [0.1, 0.15) is 5.56 Å². The summed E-state index contributed by atoms with van der Waals surface area (Å²) in [7, 11) is -3.52. The zero-order chi connectivity index (χ0) is 17.7. The van der Waals surface area contributed by atoms with Crippen molar-refractivity contribution in [2.24, 2.45) is 0 Å². The summed E-state index contributed by atoms with van der Waals surface area (Å²) < 4.78 is 55.0. The van der Waals surface area contributed by atoms with E-state index in [9.17, 15) is 17.2 Å². The normalized spacial score (nSPS) is 11.5. The molecule has 0 bridgehead atoms. The Labute approximate surface area is 144 Å². The van der Waals surface area contributed by atoms with Gasteiger partial charge in [0.05, 0.1) is 9.92 Å². The average Bonchev–Trinajstić information content (AvgIpc) is 2.50. The molecule has 24 heavy (non-hydrogen) atoms. The van der Waals surface area contributed by atoms with Crippen molar-refractivity contribution in [1.29, 1.82) is 0 Å². The van der Waals surface area contributed by atoms with E-state index >= 15 is 0 Å². The van der Waals surface area contributed by atoms with Crippen molar-refractivity contribution >= 4 is 21.4 Å². The Morgan fingerprint density at radius 3 is 2.50 bits per heavy atom. The van der Waals surface area contributed by atoms with Gasteiger partial charge in [-0.25, -0.2) is 17.2 Å². The second-order valence-corrected chi connectivity index (χ2v) is 7.52. The minimum absolute atomic E-state index is 0.0518. The molecule has 0 heterocycles. The highest BCUT2D eigenvalue weighted by Crippen LogP contribution is 2.24. The van der Waals surface area contributed by atoms with Crippen LogP contribution in [-0.2, 0) is 16.4 Å². The Morgan fingerprint density at radius 2 is 1.79 bits per heavy atom. The van der Waals surface area contributed by atoms with Crippen LogP contribution in [0.2, 0.25) is 5.02 Å². The van der Waals surface area contributed by atoms with Crippen molar-refractivity contribution in [3.8, 4) is 5.75 Å². The first-order chi connectivity index (χ1) is 11.3. The van der Waals surface area contributed by atoms with E-state index in [0.29, 0.717) is 17.1 Å². The van der Waals surface area contributed by atoms with Gasteiger partial charge in [-0.1, -0.05) is 17.7 Å². The van der Waals surface area contributed by atoms with Crippen molar-refractivity contribution in [2.75, 3.05) is 19.4 Å². The van der Waals surface area contributed by atoms with Gasteiger partial charge in [-0.3, -0.25) is 0 Å². The number of halogens is 3. The molecule has 2 aromatic carbocycles. The zero-order valence-electron chi connectivity index (χ0n) is 12.9. The molecule has 2 aromatic rings. The summed E-state index contributed by atoms with van der Waals surface area (Å²) >= 11 is 5.88. The highest BCUT2D eigenvalue weighted by atomic mass is 35.5. The fourth-order valence-corrected chi connectivity index (χ4v) is 3.18. The summed E-state index contributed by atoms with van der Waals surface area (Å²) in [5.74, 6) is -0.827. The van der Waals surface area contributed by atoms with Crippen LogP contribution in [0.25, 0.3) is 0 Å². The molecular formula is C16H16ClF2NO3S. The van der Waals surface area contributed by atoms with E-state index in [0.717, 1.165) is 12.3 Å². The van der Waals surface area contributed by atoms with Crippen LogP contribution in [0.5, 0.6) is 5.75 Å². The van der Waals surface area contributed by atoms with Crippen LogP contribution in [0, 0.1) is 11.6 Å². The fourth-order valence-electron chi connectivity index (χ4n) is 2.06. The Kier molecular flexibility index (Phi) is 6.15. The lowest BCUT2D eigenvalue weighted by Gasteiger charge is -2.11. The topological polar surface area (TPSA) is 55.4 Å². The SMILES string of the molecule is CS(=O)(=O)c1cc(F)ccc1CNCCOc1cc(F)ccc1Cl. The summed E-state index contributed by atoms with van der Waals surface area (Å²) in [6, 6.07) is 7.43. The van der Waals surface area contributed by atoms with E-state index in [1.807, 2.05) is 0 Å². The molecule has 0 aliphatic heterocycles. The molecule has 0 saturated heterocycles. The summed E-state index contributed by atoms with van der Waals surface area (Å²) in [6.45, 7) is 0.801. The second kappa shape index (κ2) is 7.92. The van der Waals surface area contributed by atoms with Crippen molar-refractivity contribution in [2.45, 2.75) is 11.4 Å². The number of nitrogens with one attached hydrogen (secondary N) is 1. The molecule has 4 nitrogen and oxygen atoms in total. The van der Waals surface area contributed by atoms with Crippen LogP contribution in [-0.4, -0.2) is 27.8 Å². The Morgan fingerprint density at radius 1 is 1.12 bits per heavy atom. The third kappa shape index (κ3) is 5.15. The zero-order valence-corrected chi connectivity index (χ0v) is 14.4. The molecule has 1 N–H and O–H groups in total. The van der Waals surface area contributed by atoms with Crippen molar-refractivity contribution in [3.05, 3.63) is 58.6 Å². The third-order valence-electron chi connectivity index (χ3n) is 3.17. The first-order valence-corrected chi connectivity index (χ1v) is 9.31. The van der Waals surface area contributed by atoms with Gasteiger partial charge in [-0.2, -0.15) is 0 Å². The van der Waals surface area contributed by atoms with Gasteiger partial charge >= 0.3 is 0 Å². The first kappa shape index (κ1) is 18.6. The lowest BCUT2D eigenvalue weighted by molar-refractivity contribution is 0.312. The van der Waals surface area contributed by atoms with E-state index < -0.39 is 21.5 Å². The molecule has 0 spiro atoms. The quantitative estimate of drug-likeness (QED) is 0.755. The van der Waals surface area contributed by atoms with Gasteiger partial charge in [0.15, 0.2) is 9.84 Å². The summed E-state index contributed by atoms with van der Waals surface area (Å²) in [4.78, 5) is -0.0518. The third-order valence-corrected chi connectivity index (χ3v) is 4.67. The lowest BCUT2D eigenvalue weighted by Crippen LogP contribution is -2.22. The molecule has 0 unspecified atom stereocenters. The molecule has 0 aliphatic carbocycles. The minimum Gasteiger partial charge on any atom is -0.491 e. The lowest BCUT2D eigenvalue weighted by atomic mass is 10.2. The molecular weight excluding hydrogens is 360 g/mol. The van der Waals surface area contributed by atoms with Crippen molar-refractivity contribution in [3.63, 3.8) is 0 Å². The van der Waals surface area contributed by atoms with Crippen LogP contribution in [0.4, 0.5) is 8.78 Å². The molecule has 0 saturated carbocycles. The molecule has 0 radical (unpaired) electrons. The Bertz CT molecular complexity index is 828. The van der Waals surface area contributed by atoms with Crippen molar-refractivity contribution in [1.82, 2.24) is 5.32 Å². The molecule has 0 amide bonds. The second-order valence-electron chi connectivity index (χ2n) is 5.12. The monoisotopic (exact) mass is 375 g/mol. The Balaban J connectivity index is 1.90. The predicted octanol–water partition coefficient (Wildman–Crippen LogP) is 3.19. The maximum Gasteiger partial charge on any atom is 0.175 e. The van der Waals surface area contributed by atoms with Gasteiger partial charge in [-0.15, -0.1) is 0 Å². The molecule has 0 fully saturated rings. The number of rotatable bonds is 7. The van der Waals surface area contributed by atoms with E-state index in [2.05, 4.69) is 5.32 Å². The first-order valence-electron chi connectivity index (χ1n) is 7.04. The van der Waals surface area contributed by atoms with Gasteiger partial charge in [-0.05, 0) is 29.8 Å². The number of benzene rings is 2. The minimum atomic E-state index is -3.52. The molecule has 0 aromatic heterocycles. The smallest absolute Gasteiger partial charge is 0.175 e. The standard InChI is InChI=1S/C16H16ClF2NO3S/c1-24(21,22)16-9-13(19)3-2-11(16)10-20-6-7-23-15-8-12(18)4-5-14(15)17/h2-5,8-9,20H,6-7,10H2,1H3. The number of hydrogen-bond acceptors (Lipinski definition) is 4. The average molecular weight is 376 g/mol. The van der Waals surface area contributed by atoms with Gasteiger partial charge < -0.3 is 10.1 Å². The fraction of sp³-hybridized carbons (Fsp3) is 0.250. The maximum atomic E-state index is 13.2. The van der Waals surface area contributed by atoms with Gasteiger partial charge in [0.1, 0.15) is 24.0 Å². The number of sulfone groups is 1. The van der Waals surface area contributed by atoms with E-state index in [1.165, 1.54) is 30.3 Å². The van der Waals surface area contributed by atoms with Crippen molar-refractivity contribution < 1.29 is 21.9 Å². The molecule has 0 aliphatic rings. The van der Waals surface area contributed by atoms with Crippen LogP contribution < -0.4 is 10.1 Å². The van der Waals surface area contributed by atoms with E-state index in [1.54, 1.807) is 0 Å². The van der Waals surface area contributed by atoms with Gasteiger partial charge in [0, 0.05) is 25.4 Å². The summed E-state index contributed by atoms with van der Waals surface area (Å²) in [6.07, 6.45) is 1.03. The largest absolute Gasteiger partial charge is 0.491 e. The predicted molar refractivity (Wildman–Crippen MR) is 88.1 cm³/mol.